The summed E-state index contributed by atoms with van der Waals surface area (Å²) in [7, 11) is 0. The van der Waals surface area contributed by atoms with Gasteiger partial charge in [-0.15, -0.1) is 0 Å². The first-order chi connectivity index (χ1) is 8.48. The van der Waals surface area contributed by atoms with Gasteiger partial charge in [0.1, 0.15) is 5.15 Å². The standard InChI is InChI=1S/C11H16ClN3O3/c1-2-11(5-16,6-17)15-10(18)8-3-7(13)4-14-9(8)12/h3-4,16-17H,2,5-6,13H2,1H3,(H,15,18). The number of nitrogens with zero attached hydrogens (tertiary/aromatic N) is 1. The second kappa shape index (κ2) is 5.99. The number of halogens is 1. The van der Waals surface area contributed by atoms with Gasteiger partial charge in [-0.2, -0.15) is 0 Å². The van der Waals surface area contributed by atoms with Crippen molar-refractivity contribution < 1.29 is 15.0 Å². The smallest absolute Gasteiger partial charge is 0.255 e. The molecule has 0 bridgehead atoms. The average Bonchev–Trinajstić information content (AvgIpc) is 2.38. The van der Waals surface area contributed by atoms with Crippen LogP contribution in [0.1, 0.15) is 23.7 Å². The molecule has 0 aromatic carbocycles. The molecule has 0 unspecified atom stereocenters. The molecule has 0 fully saturated rings. The van der Waals surface area contributed by atoms with E-state index in [1.54, 1.807) is 6.92 Å². The lowest BCUT2D eigenvalue weighted by molar-refractivity contribution is 0.0653. The highest BCUT2D eigenvalue weighted by atomic mass is 35.5. The number of hydrogen-bond donors (Lipinski definition) is 4. The van der Waals surface area contributed by atoms with Crippen LogP contribution in [0.2, 0.25) is 5.15 Å². The second-order valence-corrected chi connectivity index (χ2v) is 4.37. The van der Waals surface area contributed by atoms with Crippen molar-refractivity contribution >= 4 is 23.2 Å². The monoisotopic (exact) mass is 273 g/mol. The molecule has 7 heteroatoms. The van der Waals surface area contributed by atoms with Gasteiger partial charge >= 0.3 is 0 Å². The van der Waals surface area contributed by atoms with E-state index in [0.29, 0.717) is 12.1 Å². The molecule has 1 aromatic heterocycles. The number of pyridine rings is 1. The van der Waals surface area contributed by atoms with Gasteiger partial charge in [0.15, 0.2) is 0 Å². The number of aliphatic hydroxyl groups excluding tert-OH is 2. The van der Waals surface area contributed by atoms with E-state index >= 15 is 0 Å². The molecule has 6 nitrogen and oxygen atoms in total. The van der Waals surface area contributed by atoms with Crippen LogP contribution in [0.15, 0.2) is 12.3 Å². The first-order valence-electron chi connectivity index (χ1n) is 5.43. The molecule has 0 saturated heterocycles. The number of nitrogens with two attached hydrogens (primary N) is 1. The quantitative estimate of drug-likeness (QED) is 0.572. The predicted molar refractivity (Wildman–Crippen MR) is 68.3 cm³/mol. The number of hydrogen-bond acceptors (Lipinski definition) is 5. The van der Waals surface area contributed by atoms with Crippen LogP contribution in [0.5, 0.6) is 0 Å². The third-order valence-corrected chi connectivity index (χ3v) is 3.07. The fraction of sp³-hybridized carbons (Fsp3) is 0.455. The molecular formula is C11H16ClN3O3. The normalized spacial score (nSPS) is 11.3. The first kappa shape index (κ1) is 14.7. The summed E-state index contributed by atoms with van der Waals surface area (Å²) < 4.78 is 0. The fourth-order valence-electron chi connectivity index (χ4n) is 1.37. The molecule has 0 aliphatic carbocycles. The fourth-order valence-corrected chi connectivity index (χ4v) is 1.56. The number of carbonyl (C=O) groups excluding carboxylic acids is 1. The topological polar surface area (TPSA) is 108 Å². The Kier molecular flexibility index (Phi) is 4.89. The van der Waals surface area contributed by atoms with Crippen molar-refractivity contribution in [2.45, 2.75) is 18.9 Å². The lowest BCUT2D eigenvalue weighted by Crippen LogP contribution is -2.53. The Labute approximate surface area is 110 Å². The predicted octanol–water partition coefficient (Wildman–Crippen LogP) is 0.180. The molecule has 1 aromatic rings. The van der Waals surface area contributed by atoms with Gasteiger partial charge < -0.3 is 21.3 Å². The Morgan fingerprint density at radius 2 is 2.17 bits per heavy atom. The van der Waals surface area contributed by atoms with Crippen molar-refractivity contribution in [2.24, 2.45) is 0 Å². The first-order valence-corrected chi connectivity index (χ1v) is 5.81. The van der Waals surface area contributed by atoms with Crippen LogP contribution in [-0.4, -0.2) is 39.9 Å². The van der Waals surface area contributed by atoms with Crippen molar-refractivity contribution in [3.05, 3.63) is 23.0 Å². The highest BCUT2D eigenvalue weighted by Gasteiger charge is 2.29. The lowest BCUT2D eigenvalue weighted by Gasteiger charge is -2.29. The molecule has 0 atom stereocenters. The van der Waals surface area contributed by atoms with E-state index in [2.05, 4.69) is 10.3 Å². The number of aromatic nitrogens is 1. The highest BCUT2D eigenvalue weighted by molar-refractivity contribution is 6.32. The van der Waals surface area contributed by atoms with Crippen LogP contribution in [-0.2, 0) is 0 Å². The third-order valence-electron chi connectivity index (χ3n) is 2.77. The molecular weight excluding hydrogens is 258 g/mol. The van der Waals surface area contributed by atoms with Crippen molar-refractivity contribution in [1.82, 2.24) is 10.3 Å². The van der Waals surface area contributed by atoms with Gasteiger partial charge in [-0.1, -0.05) is 18.5 Å². The molecule has 18 heavy (non-hydrogen) atoms. The molecule has 0 spiro atoms. The summed E-state index contributed by atoms with van der Waals surface area (Å²) in [5, 5.41) is 21.1. The number of carbonyl (C=O) groups is 1. The van der Waals surface area contributed by atoms with Gasteiger partial charge in [0.05, 0.1) is 36.2 Å². The molecule has 1 amide bonds. The van der Waals surface area contributed by atoms with Gasteiger partial charge in [0, 0.05) is 0 Å². The Morgan fingerprint density at radius 3 is 2.67 bits per heavy atom. The van der Waals surface area contributed by atoms with Gasteiger partial charge in [-0.25, -0.2) is 4.98 Å². The summed E-state index contributed by atoms with van der Waals surface area (Å²) >= 11 is 5.80. The minimum atomic E-state index is -1.08. The van der Waals surface area contributed by atoms with E-state index in [1.807, 2.05) is 0 Å². The Bertz CT molecular complexity index is 427. The number of nitrogens with one attached hydrogen (secondary N) is 1. The van der Waals surface area contributed by atoms with Crippen molar-refractivity contribution in [2.75, 3.05) is 18.9 Å². The van der Waals surface area contributed by atoms with E-state index in [0.717, 1.165) is 0 Å². The van der Waals surface area contributed by atoms with E-state index in [4.69, 9.17) is 17.3 Å². The third kappa shape index (κ3) is 3.10. The molecule has 0 aliphatic rings. The number of aliphatic hydroxyl groups is 2. The van der Waals surface area contributed by atoms with Crippen LogP contribution >= 0.6 is 11.6 Å². The highest BCUT2D eigenvalue weighted by Crippen LogP contribution is 2.17. The minimum Gasteiger partial charge on any atom is -0.397 e. The molecule has 100 valence electrons. The second-order valence-electron chi connectivity index (χ2n) is 4.01. The number of rotatable bonds is 5. The zero-order valence-electron chi connectivity index (χ0n) is 9.98. The van der Waals surface area contributed by atoms with Crippen LogP contribution in [0, 0.1) is 0 Å². The average molecular weight is 274 g/mol. The van der Waals surface area contributed by atoms with Gasteiger partial charge in [0.25, 0.3) is 5.91 Å². The molecule has 0 aliphatic heterocycles. The van der Waals surface area contributed by atoms with Gasteiger partial charge in [-0.05, 0) is 12.5 Å². The Hall–Kier alpha value is -1.37. The van der Waals surface area contributed by atoms with Crippen LogP contribution < -0.4 is 11.1 Å². The SMILES string of the molecule is CCC(CO)(CO)NC(=O)c1cc(N)cnc1Cl. The molecule has 5 N–H and O–H groups in total. The van der Waals surface area contributed by atoms with Crippen LogP contribution in [0.25, 0.3) is 0 Å². The van der Waals surface area contributed by atoms with E-state index in [1.165, 1.54) is 12.3 Å². The number of amides is 1. The van der Waals surface area contributed by atoms with E-state index < -0.39 is 11.4 Å². The van der Waals surface area contributed by atoms with Crippen molar-refractivity contribution in [1.29, 1.82) is 0 Å². The summed E-state index contributed by atoms with van der Waals surface area (Å²) in [5.74, 6) is -0.537. The Morgan fingerprint density at radius 1 is 1.56 bits per heavy atom. The molecule has 0 saturated carbocycles. The van der Waals surface area contributed by atoms with Crippen molar-refractivity contribution in [3.8, 4) is 0 Å². The Balaban J connectivity index is 2.97. The maximum Gasteiger partial charge on any atom is 0.255 e. The van der Waals surface area contributed by atoms with Gasteiger partial charge in [-0.3, -0.25) is 4.79 Å². The van der Waals surface area contributed by atoms with Crippen LogP contribution in [0.4, 0.5) is 5.69 Å². The van der Waals surface area contributed by atoms with Crippen molar-refractivity contribution in [3.63, 3.8) is 0 Å². The maximum absolute atomic E-state index is 12.0. The minimum absolute atomic E-state index is 0.0163. The number of nitrogen functional groups attached to an aromatic ring is 1. The summed E-state index contributed by atoms with van der Waals surface area (Å²) in [4.78, 5) is 15.8. The largest absolute Gasteiger partial charge is 0.397 e. The summed E-state index contributed by atoms with van der Waals surface area (Å²) in [6.07, 6.45) is 1.71. The van der Waals surface area contributed by atoms with E-state index in [-0.39, 0.29) is 23.9 Å². The molecule has 1 rings (SSSR count). The summed E-state index contributed by atoms with van der Waals surface area (Å²) in [6, 6.07) is 1.39. The lowest BCUT2D eigenvalue weighted by atomic mass is 9.98. The van der Waals surface area contributed by atoms with E-state index in [9.17, 15) is 15.0 Å². The molecule has 1 heterocycles. The van der Waals surface area contributed by atoms with Gasteiger partial charge in [0.2, 0.25) is 0 Å². The summed E-state index contributed by atoms with van der Waals surface area (Å²) in [5.41, 5.74) is 4.86. The summed E-state index contributed by atoms with van der Waals surface area (Å²) in [6.45, 7) is 0.990. The van der Waals surface area contributed by atoms with Crippen LogP contribution in [0.3, 0.4) is 0 Å². The zero-order chi connectivity index (χ0) is 13.8. The maximum atomic E-state index is 12.0. The molecule has 0 radical (unpaired) electrons. The zero-order valence-corrected chi connectivity index (χ0v) is 10.7. The number of anilines is 1.